The van der Waals surface area contributed by atoms with Crippen molar-refractivity contribution in [1.82, 2.24) is 20.2 Å². The Kier molecular flexibility index (Phi) is 3.29. The molecule has 0 atom stereocenters. The van der Waals surface area contributed by atoms with Crippen molar-refractivity contribution in [2.75, 3.05) is 11.2 Å². The zero-order valence-corrected chi connectivity index (χ0v) is 9.23. The Bertz CT molecular complexity index is 530. The van der Waals surface area contributed by atoms with Gasteiger partial charge in [0.2, 0.25) is 5.91 Å². The maximum absolute atomic E-state index is 13.7. The molecule has 8 heteroatoms. The zero-order valence-electron chi connectivity index (χ0n) is 8.47. The number of halogens is 2. The maximum atomic E-state index is 13.7. The van der Waals surface area contributed by atoms with Gasteiger partial charge < -0.3 is 5.32 Å². The van der Waals surface area contributed by atoms with E-state index in [1.165, 1.54) is 29.2 Å². The van der Waals surface area contributed by atoms with Crippen LogP contribution in [0.15, 0.2) is 24.5 Å². The summed E-state index contributed by atoms with van der Waals surface area (Å²) in [7, 11) is 0. The second kappa shape index (κ2) is 4.88. The quantitative estimate of drug-likeness (QED) is 0.830. The number of anilines is 1. The number of rotatable bonds is 3. The van der Waals surface area contributed by atoms with Gasteiger partial charge in [-0.2, -0.15) is 4.68 Å². The van der Waals surface area contributed by atoms with Crippen LogP contribution in [0.1, 0.15) is 0 Å². The number of carbonyl (C=O) groups excluding carboxylic acids is 1. The highest BCUT2D eigenvalue weighted by atomic mass is 35.5. The molecular formula is C9H7ClFN5O. The summed E-state index contributed by atoms with van der Waals surface area (Å²) >= 11 is 5.32. The summed E-state index contributed by atoms with van der Waals surface area (Å²) in [5.41, 5.74) is 0.517. The molecule has 1 aromatic carbocycles. The number of benzene rings is 1. The molecule has 6 nitrogen and oxygen atoms in total. The minimum absolute atomic E-state index is 0.184. The fraction of sp³-hybridized carbons (Fsp3) is 0.111. The molecule has 17 heavy (non-hydrogen) atoms. The lowest BCUT2D eigenvalue weighted by molar-refractivity contribution is -0.113. The van der Waals surface area contributed by atoms with Crippen LogP contribution in [0.5, 0.6) is 0 Å². The molecule has 88 valence electrons. The van der Waals surface area contributed by atoms with Gasteiger partial charge in [-0.15, -0.1) is 16.7 Å². The van der Waals surface area contributed by atoms with Crippen LogP contribution in [-0.2, 0) is 4.79 Å². The third-order valence-corrected chi connectivity index (χ3v) is 2.19. The third-order valence-electron chi connectivity index (χ3n) is 1.95. The Labute approximate surface area is 100 Å². The molecule has 0 bridgehead atoms. The summed E-state index contributed by atoms with van der Waals surface area (Å²) < 4.78 is 14.9. The Balaban J connectivity index is 2.26. The van der Waals surface area contributed by atoms with Crippen molar-refractivity contribution < 1.29 is 9.18 Å². The summed E-state index contributed by atoms with van der Waals surface area (Å²) in [5, 5.41) is 12.8. The zero-order chi connectivity index (χ0) is 12.3. The van der Waals surface area contributed by atoms with E-state index in [0.717, 1.165) is 0 Å². The van der Waals surface area contributed by atoms with Crippen molar-refractivity contribution in [3.8, 4) is 5.69 Å². The monoisotopic (exact) mass is 255 g/mol. The standard InChI is InChI=1S/C9H7ClFN5O/c10-4-9(17)13-6-1-2-8(7(11)3-6)16-5-12-14-15-16/h1-3,5H,4H2,(H,13,17). The summed E-state index contributed by atoms with van der Waals surface area (Å²) in [6, 6.07) is 4.15. The Morgan fingerprint density at radius 2 is 2.35 bits per heavy atom. The van der Waals surface area contributed by atoms with Gasteiger partial charge in [0.05, 0.1) is 0 Å². The molecule has 1 aromatic heterocycles. The molecule has 0 saturated carbocycles. The topological polar surface area (TPSA) is 72.7 Å². The van der Waals surface area contributed by atoms with E-state index in [1.54, 1.807) is 0 Å². The molecule has 1 heterocycles. The van der Waals surface area contributed by atoms with Gasteiger partial charge in [-0.1, -0.05) is 0 Å². The van der Waals surface area contributed by atoms with Gasteiger partial charge >= 0.3 is 0 Å². The molecule has 0 fully saturated rings. The number of hydrogen-bond donors (Lipinski definition) is 1. The van der Waals surface area contributed by atoms with E-state index in [2.05, 4.69) is 20.8 Å². The first kappa shape index (κ1) is 11.5. The molecule has 2 aromatic rings. The van der Waals surface area contributed by atoms with E-state index in [4.69, 9.17) is 11.6 Å². The summed E-state index contributed by atoms with van der Waals surface area (Å²) in [5.74, 6) is -1.14. The minimum Gasteiger partial charge on any atom is -0.325 e. The SMILES string of the molecule is O=C(CCl)Nc1ccc(-n2cnnn2)c(F)c1. The number of nitrogens with zero attached hydrogens (tertiary/aromatic N) is 4. The Morgan fingerprint density at radius 1 is 1.53 bits per heavy atom. The molecule has 0 spiro atoms. The second-order valence-corrected chi connectivity index (χ2v) is 3.37. The largest absolute Gasteiger partial charge is 0.325 e. The van der Waals surface area contributed by atoms with Crippen molar-refractivity contribution in [2.45, 2.75) is 0 Å². The van der Waals surface area contributed by atoms with E-state index >= 15 is 0 Å². The van der Waals surface area contributed by atoms with Crippen LogP contribution < -0.4 is 5.32 Å². The van der Waals surface area contributed by atoms with Crippen LogP contribution in [0.4, 0.5) is 10.1 Å². The smallest absolute Gasteiger partial charge is 0.239 e. The van der Waals surface area contributed by atoms with E-state index in [0.29, 0.717) is 5.69 Å². The first-order chi connectivity index (χ1) is 8.20. The fourth-order valence-electron chi connectivity index (χ4n) is 1.24. The molecule has 0 aliphatic heterocycles. The van der Waals surface area contributed by atoms with Gasteiger partial charge in [-0.3, -0.25) is 4.79 Å². The van der Waals surface area contributed by atoms with E-state index in [-0.39, 0.29) is 11.6 Å². The average molecular weight is 256 g/mol. The Morgan fingerprint density at radius 3 is 2.94 bits per heavy atom. The number of nitrogens with one attached hydrogen (secondary N) is 1. The summed E-state index contributed by atoms with van der Waals surface area (Å²) in [6.07, 6.45) is 1.27. The van der Waals surface area contributed by atoms with Gasteiger partial charge in [0.25, 0.3) is 0 Å². The minimum atomic E-state index is -0.551. The predicted molar refractivity (Wildman–Crippen MR) is 58.5 cm³/mol. The number of carbonyl (C=O) groups is 1. The molecule has 1 amide bonds. The van der Waals surface area contributed by atoms with Crippen molar-refractivity contribution in [3.05, 3.63) is 30.3 Å². The van der Waals surface area contributed by atoms with Crippen LogP contribution >= 0.6 is 11.6 Å². The van der Waals surface area contributed by atoms with E-state index < -0.39 is 11.7 Å². The first-order valence-electron chi connectivity index (χ1n) is 4.59. The lowest BCUT2D eigenvalue weighted by Gasteiger charge is -2.05. The average Bonchev–Trinajstić information content (AvgIpc) is 2.82. The lowest BCUT2D eigenvalue weighted by Crippen LogP contribution is -2.13. The highest BCUT2D eigenvalue weighted by Gasteiger charge is 2.08. The van der Waals surface area contributed by atoms with Gasteiger partial charge in [0, 0.05) is 5.69 Å². The van der Waals surface area contributed by atoms with Crippen molar-refractivity contribution in [2.24, 2.45) is 0 Å². The van der Waals surface area contributed by atoms with E-state index in [9.17, 15) is 9.18 Å². The highest BCUT2D eigenvalue weighted by molar-refractivity contribution is 6.29. The van der Waals surface area contributed by atoms with E-state index in [1.807, 2.05) is 0 Å². The van der Waals surface area contributed by atoms with Crippen molar-refractivity contribution in [3.63, 3.8) is 0 Å². The molecule has 0 radical (unpaired) electrons. The Hall–Kier alpha value is -2.02. The van der Waals surface area contributed by atoms with Crippen molar-refractivity contribution >= 4 is 23.2 Å². The molecular weight excluding hydrogens is 249 g/mol. The van der Waals surface area contributed by atoms with Crippen molar-refractivity contribution in [1.29, 1.82) is 0 Å². The van der Waals surface area contributed by atoms with Crippen LogP contribution in [0.25, 0.3) is 5.69 Å². The van der Waals surface area contributed by atoms with Crippen LogP contribution in [0.2, 0.25) is 0 Å². The predicted octanol–water partition coefficient (Wildman–Crippen LogP) is 0.979. The normalized spacial score (nSPS) is 10.2. The second-order valence-electron chi connectivity index (χ2n) is 3.10. The van der Waals surface area contributed by atoms with Crippen LogP contribution in [-0.4, -0.2) is 32.0 Å². The maximum Gasteiger partial charge on any atom is 0.239 e. The van der Waals surface area contributed by atoms with Gasteiger partial charge in [-0.05, 0) is 28.6 Å². The molecule has 0 aliphatic carbocycles. The molecule has 1 N–H and O–H groups in total. The molecule has 2 rings (SSSR count). The lowest BCUT2D eigenvalue weighted by atomic mass is 10.2. The van der Waals surface area contributed by atoms with Crippen LogP contribution in [0.3, 0.4) is 0 Å². The summed E-state index contributed by atoms with van der Waals surface area (Å²) in [6.45, 7) is 0. The number of alkyl halides is 1. The summed E-state index contributed by atoms with van der Waals surface area (Å²) in [4.78, 5) is 11.0. The highest BCUT2D eigenvalue weighted by Crippen LogP contribution is 2.17. The van der Waals surface area contributed by atoms with Gasteiger partial charge in [-0.25, -0.2) is 4.39 Å². The third kappa shape index (κ3) is 2.56. The van der Waals surface area contributed by atoms with Gasteiger partial charge in [0.1, 0.15) is 17.9 Å². The van der Waals surface area contributed by atoms with Crippen LogP contribution in [0, 0.1) is 5.82 Å². The first-order valence-corrected chi connectivity index (χ1v) is 5.13. The number of tetrazole rings is 1. The number of hydrogen-bond acceptors (Lipinski definition) is 4. The van der Waals surface area contributed by atoms with Gasteiger partial charge in [0.15, 0.2) is 5.82 Å². The molecule has 0 saturated heterocycles. The molecule has 0 aliphatic rings. The fourth-order valence-corrected chi connectivity index (χ4v) is 1.30. The number of aromatic nitrogens is 4. The number of amides is 1. The molecule has 0 unspecified atom stereocenters.